The topological polar surface area (TPSA) is 27.1 Å². The summed E-state index contributed by atoms with van der Waals surface area (Å²) in [7, 11) is 0. The van der Waals surface area contributed by atoms with Gasteiger partial charge in [-0.25, -0.2) is 13.8 Å². The van der Waals surface area contributed by atoms with Gasteiger partial charge in [0.2, 0.25) is 0 Å². The van der Waals surface area contributed by atoms with Crippen LogP contribution < -0.4 is 4.74 Å². The Kier molecular flexibility index (Phi) is 3.94. The predicted octanol–water partition coefficient (Wildman–Crippen LogP) is 5.54. The van der Waals surface area contributed by atoms with Gasteiger partial charge in [0, 0.05) is 18.1 Å². The summed E-state index contributed by atoms with van der Waals surface area (Å²) in [5.74, 6) is -0.354. The number of alkyl halides is 3. The van der Waals surface area contributed by atoms with E-state index in [0.717, 1.165) is 0 Å². The van der Waals surface area contributed by atoms with Gasteiger partial charge in [0.05, 0.1) is 21.5 Å². The van der Waals surface area contributed by atoms with Gasteiger partial charge >= 0.3 is 6.61 Å². The number of rotatable bonds is 3. The van der Waals surface area contributed by atoms with E-state index in [1.807, 2.05) is 0 Å². The van der Waals surface area contributed by atoms with E-state index in [1.54, 1.807) is 22.8 Å². The molecule has 8 heteroatoms. The van der Waals surface area contributed by atoms with Crippen LogP contribution in [0.2, 0.25) is 0 Å². The molecule has 4 rings (SSSR count). The van der Waals surface area contributed by atoms with E-state index in [2.05, 4.69) is 25.7 Å². The lowest BCUT2D eigenvalue weighted by Gasteiger charge is -2.18. The minimum absolute atomic E-state index is 0.00872. The average molecular weight is 415 g/mol. The van der Waals surface area contributed by atoms with Crippen molar-refractivity contribution in [2.24, 2.45) is 0 Å². The SMILES string of the molecule is Fc1cc2nc3n(c2cc1Br)[C@@H](c1ccccc1OC(F)F)CC3F. The number of aromatic nitrogens is 2. The maximum absolute atomic E-state index is 14.5. The summed E-state index contributed by atoms with van der Waals surface area (Å²) in [6.45, 7) is -2.98. The van der Waals surface area contributed by atoms with Crippen LogP contribution in [0, 0.1) is 5.82 Å². The van der Waals surface area contributed by atoms with Crippen molar-refractivity contribution in [1.82, 2.24) is 9.55 Å². The van der Waals surface area contributed by atoms with E-state index in [1.165, 1.54) is 18.2 Å². The first-order valence-electron chi connectivity index (χ1n) is 7.50. The monoisotopic (exact) mass is 414 g/mol. The molecule has 1 aliphatic rings. The van der Waals surface area contributed by atoms with E-state index < -0.39 is 24.6 Å². The van der Waals surface area contributed by atoms with Crippen molar-refractivity contribution in [1.29, 1.82) is 0 Å². The van der Waals surface area contributed by atoms with Crippen LogP contribution in [0.25, 0.3) is 11.0 Å². The molecule has 0 fully saturated rings. The Hall–Kier alpha value is -2.09. The number of benzene rings is 2. The fourth-order valence-electron chi connectivity index (χ4n) is 3.29. The molecular weight excluding hydrogens is 404 g/mol. The molecule has 0 bridgehead atoms. The minimum Gasteiger partial charge on any atom is -0.434 e. The molecule has 0 saturated heterocycles. The Labute approximate surface area is 148 Å². The molecule has 0 N–H and O–H groups in total. The van der Waals surface area contributed by atoms with Crippen LogP contribution in [0.1, 0.15) is 30.0 Å². The third-order valence-corrected chi connectivity index (χ3v) is 4.88. The highest BCUT2D eigenvalue weighted by atomic mass is 79.9. The van der Waals surface area contributed by atoms with Crippen LogP contribution in [0.5, 0.6) is 5.75 Å². The van der Waals surface area contributed by atoms with Gasteiger partial charge in [-0.1, -0.05) is 18.2 Å². The third kappa shape index (κ3) is 2.68. The standard InChI is InChI=1S/C17H11BrF4N2O/c18-9-5-14-12(6-10(9)19)23-16-11(20)7-13(24(14)16)8-3-1-2-4-15(8)25-17(21)22/h1-6,11,13,17H,7H2/t11?,13-/m1/s1. The molecule has 0 radical (unpaired) electrons. The van der Waals surface area contributed by atoms with Gasteiger partial charge < -0.3 is 9.30 Å². The molecule has 0 spiro atoms. The highest BCUT2D eigenvalue weighted by Crippen LogP contribution is 2.45. The third-order valence-electron chi connectivity index (χ3n) is 4.27. The number of nitrogens with zero attached hydrogens (tertiary/aromatic N) is 2. The quantitative estimate of drug-likeness (QED) is 0.525. The number of imidazole rings is 1. The molecule has 1 unspecified atom stereocenters. The maximum Gasteiger partial charge on any atom is 0.387 e. The number of hydrogen-bond acceptors (Lipinski definition) is 2. The molecule has 2 atom stereocenters. The second-order valence-electron chi connectivity index (χ2n) is 5.73. The Balaban J connectivity index is 1.90. The number of fused-ring (bicyclic) bond motifs is 3. The summed E-state index contributed by atoms with van der Waals surface area (Å²) < 4.78 is 60.1. The van der Waals surface area contributed by atoms with Crippen molar-refractivity contribution in [3.05, 3.63) is 58.1 Å². The summed E-state index contributed by atoms with van der Waals surface area (Å²) in [6, 6.07) is 8.45. The second kappa shape index (κ2) is 6.01. The zero-order valence-electron chi connectivity index (χ0n) is 12.6. The fraction of sp³-hybridized carbons (Fsp3) is 0.235. The van der Waals surface area contributed by atoms with Crippen LogP contribution in [0.15, 0.2) is 40.9 Å². The lowest BCUT2D eigenvalue weighted by atomic mass is 10.0. The molecule has 0 saturated carbocycles. The van der Waals surface area contributed by atoms with Crippen molar-refractivity contribution in [3.8, 4) is 5.75 Å². The predicted molar refractivity (Wildman–Crippen MR) is 87.1 cm³/mol. The number of ether oxygens (including phenoxy) is 1. The van der Waals surface area contributed by atoms with Gasteiger partial charge in [-0.3, -0.25) is 0 Å². The maximum atomic E-state index is 14.5. The molecule has 25 heavy (non-hydrogen) atoms. The van der Waals surface area contributed by atoms with Crippen molar-refractivity contribution < 1.29 is 22.3 Å². The summed E-state index contributed by atoms with van der Waals surface area (Å²) in [6.07, 6.45) is -1.32. The first kappa shape index (κ1) is 16.4. The fourth-order valence-corrected chi connectivity index (χ4v) is 3.62. The molecule has 3 aromatic rings. The lowest BCUT2D eigenvalue weighted by molar-refractivity contribution is -0.0507. The molecule has 1 aromatic heterocycles. The average Bonchev–Trinajstić information content (AvgIpc) is 3.06. The second-order valence-corrected chi connectivity index (χ2v) is 6.58. The normalized spacial score (nSPS) is 19.6. The first-order chi connectivity index (χ1) is 12.0. The van der Waals surface area contributed by atoms with Gasteiger partial charge in [0.15, 0.2) is 6.17 Å². The Morgan fingerprint density at radius 3 is 2.76 bits per heavy atom. The van der Waals surface area contributed by atoms with Gasteiger partial charge in [0.25, 0.3) is 0 Å². The van der Waals surface area contributed by atoms with Crippen LogP contribution >= 0.6 is 15.9 Å². The number of halogens is 5. The molecule has 2 heterocycles. The molecular formula is C17H11BrF4N2O. The Bertz CT molecular complexity index is 959. The van der Waals surface area contributed by atoms with Crippen LogP contribution in [0.3, 0.4) is 0 Å². The molecule has 130 valence electrons. The van der Waals surface area contributed by atoms with Crippen molar-refractivity contribution in [3.63, 3.8) is 0 Å². The first-order valence-corrected chi connectivity index (χ1v) is 8.29. The van der Waals surface area contributed by atoms with E-state index in [9.17, 15) is 17.6 Å². The minimum atomic E-state index is -2.98. The summed E-state index contributed by atoms with van der Waals surface area (Å²) in [4.78, 5) is 4.18. The van der Waals surface area contributed by atoms with Crippen molar-refractivity contribution in [2.45, 2.75) is 25.2 Å². The molecule has 3 nitrogen and oxygen atoms in total. The smallest absolute Gasteiger partial charge is 0.387 e. The number of para-hydroxylation sites is 1. The molecule has 0 amide bonds. The Morgan fingerprint density at radius 1 is 1.24 bits per heavy atom. The van der Waals surface area contributed by atoms with E-state index >= 15 is 0 Å². The van der Waals surface area contributed by atoms with Crippen LogP contribution in [-0.2, 0) is 0 Å². The number of hydrogen-bond donors (Lipinski definition) is 0. The molecule has 2 aromatic carbocycles. The highest BCUT2D eigenvalue weighted by Gasteiger charge is 2.36. The van der Waals surface area contributed by atoms with Gasteiger partial charge in [0.1, 0.15) is 17.4 Å². The lowest BCUT2D eigenvalue weighted by Crippen LogP contribution is -2.10. The Morgan fingerprint density at radius 2 is 2.00 bits per heavy atom. The zero-order valence-corrected chi connectivity index (χ0v) is 14.2. The van der Waals surface area contributed by atoms with Gasteiger partial charge in [-0.2, -0.15) is 8.78 Å². The molecule has 1 aliphatic heterocycles. The summed E-state index contributed by atoms with van der Waals surface area (Å²) in [5.41, 5.74) is 1.28. The van der Waals surface area contributed by atoms with Gasteiger partial charge in [-0.15, -0.1) is 0 Å². The highest BCUT2D eigenvalue weighted by molar-refractivity contribution is 9.10. The van der Waals surface area contributed by atoms with Gasteiger partial charge in [-0.05, 0) is 28.1 Å². The van der Waals surface area contributed by atoms with Crippen molar-refractivity contribution >= 4 is 27.0 Å². The molecule has 0 aliphatic carbocycles. The van der Waals surface area contributed by atoms with E-state index in [-0.39, 0.29) is 22.5 Å². The van der Waals surface area contributed by atoms with Crippen molar-refractivity contribution in [2.75, 3.05) is 0 Å². The summed E-state index contributed by atoms with van der Waals surface area (Å²) in [5, 5.41) is 0. The van der Waals surface area contributed by atoms with Crippen LogP contribution in [-0.4, -0.2) is 16.2 Å². The van der Waals surface area contributed by atoms with E-state index in [0.29, 0.717) is 16.6 Å². The largest absolute Gasteiger partial charge is 0.434 e. The van der Waals surface area contributed by atoms with Crippen LogP contribution in [0.4, 0.5) is 17.6 Å². The zero-order chi connectivity index (χ0) is 17.7. The van der Waals surface area contributed by atoms with E-state index in [4.69, 9.17) is 0 Å². The summed E-state index contributed by atoms with van der Waals surface area (Å²) >= 11 is 3.11.